The van der Waals surface area contributed by atoms with Gasteiger partial charge in [-0.3, -0.25) is 5.32 Å². The smallest absolute Gasteiger partial charge is 0.419 e. The fraction of sp³-hybridized carbons (Fsp3) is 0.583. The van der Waals surface area contributed by atoms with Gasteiger partial charge < -0.3 is 20.5 Å². The third kappa shape index (κ3) is 7.04. The minimum atomic E-state index is -4.42. The van der Waals surface area contributed by atoms with Crippen LogP contribution >= 0.6 is 0 Å². The van der Waals surface area contributed by atoms with Crippen LogP contribution in [-0.2, 0) is 6.18 Å². The minimum absolute atomic E-state index is 0.354. The summed E-state index contributed by atoms with van der Waals surface area (Å²) in [6.07, 6.45) is 0.363. The monoisotopic (exact) mass is 481 g/mol. The Bertz CT molecular complexity index is 893. The van der Waals surface area contributed by atoms with Gasteiger partial charge in [0.1, 0.15) is 12.0 Å². The molecule has 2 aromatic rings. The number of hydrogen-bond acceptors (Lipinski definition) is 7. The van der Waals surface area contributed by atoms with E-state index in [1.54, 1.807) is 0 Å². The standard InChI is InChI=1S/C24H34F3N5O2/c1-16-12-20(13-17(2)21(16)22(33)29-8-7-28)34-11-3-4-18-5-9-32(10-6-18)23-30-14-19(15-31-23)24(25,26)27/h12-15,18,22,29,33H,3-11,28H2,1-2H3. The average molecular weight is 482 g/mol. The van der Waals surface area contributed by atoms with E-state index in [2.05, 4.69) is 15.3 Å². The Morgan fingerprint density at radius 1 is 1.18 bits per heavy atom. The summed E-state index contributed by atoms with van der Waals surface area (Å²) in [6.45, 7) is 6.98. The van der Waals surface area contributed by atoms with Crippen molar-refractivity contribution in [2.75, 3.05) is 37.7 Å². The van der Waals surface area contributed by atoms with E-state index in [4.69, 9.17) is 10.5 Å². The van der Waals surface area contributed by atoms with Crippen LogP contribution in [0.2, 0.25) is 0 Å². The van der Waals surface area contributed by atoms with Crippen molar-refractivity contribution in [2.24, 2.45) is 11.7 Å². The Morgan fingerprint density at radius 3 is 2.35 bits per heavy atom. The molecule has 2 heterocycles. The van der Waals surface area contributed by atoms with Crippen LogP contribution in [0.3, 0.4) is 0 Å². The summed E-state index contributed by atoms with van der Waals surface area (Å²) < 4.78 is 44.0. The highest BCUT2D eigenvalue weighted by molar-refractivity contribution is 5.42. The fourth-order valence-electron chi connectivity index (χ4n) is 4.39. The van der Waals surface area contributed by atoms with E-state index in [-0.39, 0.29) is 0 Å². The number of hydrogen-bond donors (Lipinski definition) is 3. The first-order valence-corrected chi connectivity index (χ1v) is 11.7. The maximum Gasteiger partial charge on any atom is 0.419 e. The number of aliphatic hydroxyl groups excluding tert-OH is 1. The fourth-order valence-corrected chi connectivity index (χ4v) is 4.39. The highest BCUT2D eigenvalue weighted by Gasteiger charge is 2.32. The van der Waals surface area contributed by atoms with Crippen molar-refractivity contribution >= 4 is 5.95 Å². The van der Waals surface area contributed by atoms with Gasteiger partial charge in [-0.05, 0) is 68.7 Å². The van der Waals surface area contributed by atoms with Gasteiger partial charge in [0, 0.05) is 44.1 Å². The number of ether oxygens (including phenoxy) is 1. The molecular formula is C24H34F3N5O2. The molecule has 1 saturated heterocycles. The quantitative estimate of drug-likeness (QED) is 0.352. The molecule has 188 valence electrons. The second-order valence-electron chi connectivity index (χ2n) is 8.81. The lowest BCUT2D eigenvalue weighted by Crippen LogP contribution is -2.35. The number of anilines is 1. The van der Waals surface area contributed by atoms with Crippen molar-refractivity contribution in [3.8, 4) is 5.75 Å². The van der Waals surface area contributed by atoms with Crippen molar-refractivity contribution in [3.05, 3.63) is 46.8 Å². The first-order valence-electron chi connectivity index (χ1n) is 11.7. The van der Waals surface area contributed by atoms with Crippen LogP contribution in [0.1, 0.15) is 54.2 Å². The number of nitrogens with zero attached hydrogens (tertiary/aromatic N) is 3. The van der Waals surface area contributed by atoms with E-state index in [1.807, 2.05) is 30.9 Å². The normalized spacial score (nSPS) is 16.0. The summed E-state index contributed by atoms with van der Waals surface area (Å²) in [5.41, 5.74) is 7.44. The van der Waals surface area contributed by atoms with E-state index < -0.39 is 18.0 Å². The molecule has 0 spiro atoms. The number of nitrogens with two attached hydrogens (primary N) is 1. The molecule has 1 aliphatic heterocycles. The molecule has 1 aliphatic rings. The number of rotatable bonds is 10. The molecule has 0 aliphatic carbocycles. The first kappa shape index (κ1) is 26.2. The molecule has 1 fully saturated rings. The number of halogens is 3. The van der Waals surface area contributed by atoms with Gasteiger partial charge in [0.2, 0.25) is 5.95 Å². The molecule has 3 rings (SSSR count). The summed E-state index contributed by atoms with van der Waals surface area (Å²) >= 11 is 0. The Hall–Kier alpha value is -2.43. The molecule has 1 atom stereocenters. The number of nitrogens with one attached hydrogen (secondary N) is 1. The Morgan fingerprint density at radius 2 is 1.79 bits per heavy atom. The molecule has 0 saturated carbocycles. The summed E-state index contributed by atoms with van der Waals surface area (Å²) in [5.74, 6) is 1.69. The summed E-state index contributed by atoms with van der Waals surface area (Å²) in [5, 5.41) is 13.3. The van der Waals surface area contributed by atoms with Gasteiger partial charge >= 0.3 is 6.18 Å². The lowest BCUT2D eigenvalue weighted by Gasteiger charge is -2.32. The van der Waals surface area contributed by atoms with E-state index in [0.29, 0.717) is 31.6 Å². The summed E-state index contributed by atoms with van der Waals surface area (Å²) in [4.78, 5) is 9.74. The zero-order valence-corrected chi connectivity index (χ0v) is 19.7. The minimum Gasteiger partial charge on any atom is -0.494 e. The largest absolute Gasteiger partial charge is 0.494 e. The molecule has 0 amide bonds. The second-order valence-corrected chi connectivity index (χ2v) is 8.81. The van der Waals surface area contributed by atoms with Gasteiger partial charge in [-0.2, -0.15) is 13.2 Å². The first-order chi connectivity index (χ1) is 16.2. The van der Waals surface area contributed by atoms with Gasteiger partial charge in [-0.15, -0.1) is 0 Å². The maximum absolute atomic E-state index is 12.7. The van der Waals surface area contributed by atoms with E-state index in [0.717, 1.165) is 73.6 Å². The predicted molar refractivity (Wildman–Crippen MR) is 125 cm³/mol. The van der Waals surface area contributed by atoms with Crippen LogP contribution in [0.5, 0.6) is 5.75 Å². The van der Waals surface area contributed by atoms with Crippen molar-refractivity contribution in [3.63, 3.8) is 0 Å². The molecular weight excluding hydrogens is 447 g/mol. The number of aromatic nitrogens is 2. The maximum atomic E-state index is 12.7. The molecule has 4 N–H and O–H groups in total. The zero-order valence-electron chi connectivity index (χ0n) is 19.7. The van der Waals surface area contributed by atoms with Crippen LogP contribution in [0.4, 0.5) is 19.1 Å². The van der Waals surface area contributed by atoms with Gasteiger partial charge in [0.15, 0.2) is 0 Å². The van der Waals surface area contributed by atoms with Crippen molar-refractivity contribution in [1.29, 1.82) is 0 Å². The number of piperidine rings is 1. The second kappa shape index (κ2) is 11.8. The number of benzene rings is 1. The van der Waals surface area contributed by atoms with Gasteiger partial charge in [-0.25, -0.2) is 9.97 Å². The van der Waals surface area contributed by atoms with Crippen LogP contribution < -0.4 is 20.7 Å². The Kier molecular flexibility index (Phi) is 9.10. The van der Waals surface area contributed by atoms with Crippen LogP contribution in [-0.4, -0.2) is 47.9 Å². The van der Waals surface area contributed by atoms with Crippen molar-refractivity contribution < 1.29 is 23.0 Å². The van der Waals surface area contributed by atoms with Gasteiger partial charge in [-0.1, -0.05) is 0 Å². The van der Waals surface area contributed by atoms with Crippen molar-refractivity contribution in [1.82, 2.24) is 15.3 Å². The summed E-state index contributed by atoms with van der Waals surface area (Å²) in [7, 11) is 0. The SMILES string of the molecule is Cc1cc(OCCCC2CCN(c3ncc(C(F)(F)F)cn3)CC2)cc(C)c1C(O)NCCN. The van der Waals surface area contributed by atoms with E-state index in [9.17, 15) is 18.3 Å². The lowest BCUT2D eigenvalue weighted by molar-refractivity contribution is -0.138. The van der Waals surface area contributed by atoms with E-state index >= 15 is 0 Å². The Labute approximate surface area is 198 Å². The van der Waals surface area contributed by atoms with Crippen LogP contribution in [0.15, 0.2) is 24.5 Å². The lowest BCUT2D eigenvalue weighted by atomic mass is 9.92. The molecule has 0 bridgehead atoms. The zero-order chi connectivity index (χ0) is 24.7. The third-order valence-electron chi connectivity index (χ3n) is 6.21. The van der Waals surface area contributed by atoms with Crippen LogP contribution in [0, 0.1) is 19.8 Å². The molecule has 7 nitrogen and oxygen atoms in total. The molecule has 1 aromatic carbocycles. The highest BCUT2D eigenvalue weighted by Crippen LogP contribution is 2.30. The molecule has 10 heteroatoms. The molecule has 34 heavy (non-hydrogen) atoms. The predicted octanol–water partition coefficient (Wildman–Crippen LogP) is 3.73. The molecule has 0 radical (unpaired) electrons. The number of aryl methyl sites for hydroxylation is 2. The van der Waals surface area contributed by atoms with Gasteiger partial charge in [0.05, 0.1) is 12.2 Å². The van der Waals surface area contributed by atoms with Gasteiger partial charge in [0.25, 0.3) is 0 Å². The average Bonchev–Trinajstić information content (AvgIpc) is 2.80. The third-order valence-corrected chi connectivity index (χ3v) is 6.21. The van der Waals surface area contributed by atoms with E-state index in [1.165, 1.54) is 0 Å². The topological polar surface area (TPSA) is 96.5 Å². The Balaban J connectivity index is 1.41. The molecule has 1 unspecified atom stereocenters. The van der Waals surface area contributed by atoms with Crippen molar-refractivity contribution in [2.45, 2.75) is 51.9 Å². The summed E-state index contributed by atoms with van der Waals surface area (Å²) in [6, 6.07) is 3.89. The molecule has 1 aromatic heterocycles. The number of alkyl halides is 3. The van der Waals surface area contributed by atoms with Crippen LogP contribution in [0.25, 0.3) is 0 Å². The number of aliphatic hydroxyl groups is 1. The highest BCUT2D eigenvalue weighted by atomic mass is 19.4.